The quantitative estimate of drug-likeness (QED) is 0.0986. The molecule has 4 heteroatoms. The van der Waals surface area contributed by atoms with E-state index in [9.17, 15) is 9.59 Å². The summed E-state index contributed by atoms with van der Waals surface area (Å²) in [6, 6.07) is 0. The highest BCUT2D eigenvalue weighted by Gasteiger charge is 2.15. The third-order valence-corrected chi connectivity index (χ3v) is 7.00. The van der Waals surface area contributed by atoms with Crippen LogP contribution in [0.15, 0.2) is 0 Å². The first kappa shape index (κ1) is 33.9. The number of hydrogen-bond donors (Lipinski definition) is 0. The van der Waals surface area contributed by atoms with Crippen molar-refractivity contribution in [2.24, 2.45) is 23.7 Å². The van der Waals surface area contributed by atoms with E-state index in [1.807, 2.05) is 0 Å². The third kappa shape index (κ3) is 24.4. The van der Waals surface area contributed by atoms with E-state index in [-0.39, 0.29) is 11.9 Å². The molecular weight excluding hydrogens is 436 g/mol. The van der Waals surface area contributed by atoms with Crippen molar-refractivity contribution in [1.29, 1.82) is 0 Å². The summed E-state index contributed by atoms with van der Waals surface area (Å²) in [7, 11) is 0. The van der Waals surface area contributed by atoms with Gasteiger partial charge in [0.25, 0.3) is 0 Å². The van der Waals surface area contributed by atoms with Crippen molar-refractivity contribution < 1.29 is 19.1 Å². The highest BCUT2D eigenvalue weighted by Crippen LogP contribution is 2.24. The topological polar surface area (TPSA) is 52.6 Å². The molecule has 0 bridgehead atoms. The Morgan fingerprint density at radius 2 is 0.914 bits per heavy atom. The Kier molecular flexibility index (Phi) is 22.6. The molecule has 0 aromatic rings. The lowest BCUT2D eigenvalue weighted by atomic mass is 9.86. The number of carbonyl (C=O) groups excluding carboxylic acids is 2. The number of carbonyl (C=O) groups is 2. The molecule has 0 aromatic heterocycles. The van der Waals surface area contributed by atoms with Crippen LogP contribution in [0.2, 0.25) is 0 Å². The van der Waals surface area contributed by atoms with E-state index in [1.54, 1.807) is 0 Å². The van der Waals surface area contributed by atoms with Gasteiger partial charge in [0.05, 0.1) is 13.2 Å². The van der Waals surface area contributed by atoms with Gasteiger partial charge in [-0.2, -0.15) is 0 Å². The molecule has 0 saturated heterocycles. The Bertz CT molecular complexity index is 498. The maximum atomic E-state index is 12.1. The minimum absolute atomic E-state index is 0.0260. The molecule has 0 aromatic carbocycles. The Balaban J connectivity index is 3.68. The van der Waals surface area contributed by atoms with Crippen molar-refractivity contribution in [3.05, 3.63) is 0 Å². The van der Waals surface area contributed by atoms with Crippen molar-refractivity contribution in [3.63, 3.8) is 0 Å². The molecule has 0 N–H and O–H groups in total. The van der Waals surface area contributed by atoms with Crippen LogP contribution < -0.4 is 0 Å². The number of rotatable bonds is 24. The van der Waals surface area contributed by atoms with E-state index in [0.717, 1.165) is 56.8 Å². The number of hydrogen-bond acceptors (Lipinski definition) is 4. The fraction of sp³-hybridized carbons (Fsp3) is 0.935. The minimum Gasteiger partial charge on any atom is -0.466 e. The van der Waals surface area contributed by atoms with Gasteiger partial charge in [0.1, 0.15) is 0 Å². The van der Waals surface area contributed by atoms with Crippen LogP contribution >= 0.6 is 0 Å². The van der Waals surface area contributed by atoms with E-state index in [2.05, 4.69) is 41.5 Å². The molecule has 1 unspecified atom stereocenters. The van der Waals surface area contributed by atoms with Crippen LogP contribution in [0.1, 0.15) is 151 Å². The highest BCUT2D eigenvalue weighted by atomic mass is 16.5. The van der Waals surface area contributed by atoms with Gasteiger partial charge in [0.15, 0.2) is 0 Å². The predicted molar refractivity (Wildman–Crippen MR) is 148 cm³/mol. The van der Waals surface area contributed by atoms with Gasteiger partial charge >= 0.3 is 11.9 Å². The second-order valence-electron chi connectivity index (χ2n) is 11.8. The smallest absolute Gasteiger partial charge is 0.305 e. The first-order chi connectivity index (χ1) is 16.7. The molecule has 0 amide bonds. The Labute approximate surface area is 218 Å². The molecular formula is C31H60O4. The van der Waals surface area contributed by atoms with Crippen LogP contribution in [0.5, 0.6) is 0 Å². The van der Waals surface area contributed by atoms with Crippen molar-refractivity contribution in [1.82, 2.24) is 0 Å². The van der Waals surface area contributed by atoms with E-state index < -0.39 is 0 Å². The molecule has 0 heterocycles. The van der Waals surface area contributed by atoms with Crippen molar-refractivity contribution in [2.75, 3.05) is 13.2 Å². The molecule has 208 valence electrons. The van der Waals surface area contributed by atoms with Crippen LogP contribution in [0.3, 0.4) is 0 Å². The summed E-state index contributed by atoms with van der Waals surface area (Å²) in [5.74, 6) is 2.64. The average molecular weight is 497 g/mol. The van der Waals surface area contributed by atoms with Crippen LogP contribution in [0.25, 0.3) is 0 Å². The summed E-state index contributed by atoms with van der Waals surface area (Å²) in [5.41, 5.74) is 0. The van der Waals surface area contributed by atoms with Gasteiger partial charge in [-0.15, -0.1) is 0 Å². The fourth-order valence-corrected chi connectivity index (χ4v) is 4.50. The maximum absolute atomic E-state index is 12.1. The lowest BCUT2D eigenvalue weighted by Crippen LogP contribution is -2.13. The molecule has 0 spiro atoms. The molecule has 0 radical (unpaired) electrons. The van der Waals surface area contributed by atoms with E-state index >= 15 is 0 Å². The Morgan fingerprint density at radius 1 is 0.486 bits per heavy atom. The zero-order chi connectivity index (χ0) is 26.3. The number of esters is 2. The van der Waals surface area contributed by atoms with E-state index in [4.69, 9.17) is 9.47 Å². The van der Waals surface area contributed by atoms with Gasteiger partial charge in [-0.25, -0.2) is 0 Å². The first-order valence-electron chi connectivity index (χ1n) is 15.0. The largest absolute Gasteiger partial charge is 0.466 e. The molecule has 35 heavy (non-hydrogen) atoms. The fourth-order valence-electron chi connectivity index (χ4n) is 4.50. The van der Waals surface area contributed by atoms with Gasteiger partial charge in [-0.05, 0) is 49.4 Å². The average Bonchev–Trinajstić information content (AvgIpc) is 2.79. The van der Waals surface area contributed by atoms with E-state index in [0.29, 0.717) is 37.9 Å². The van der Waals surface area contributed by atoms with Gasteiger partial charge < -0.3 is 9.47 Å². The molecule has 0 aliphatic rings. The van der Waals surface area contributed by atoms with Gasteiger partial charge in [-0.3, -0.25) is 9.59 Å². The SMILES string of the molecule is CC(C)CCCCCOC(=O)CCCCCCCC(CCC(=O)OCCCCCC(C)C)C(C)C. The second-order valence-corrected chi connectivity index (χ2v) is 11.8. The summed E-state index contributed by atoms with van der Waals surface area (Å²) in [5, 5.41) is 0. The maximum Gasteiger partial charge on any atom is 0.305 e. The minimum atomic E-state index is -0.0313. The zero-order valence-corrected chi connectivity index (χ0v) is 24.4. The van der Waals surface area contributed by atoms with Crippen LogP contribution in [-0.2, 0) is 19.1 Å². The van der Waals surface area contributed by atoms with Crippen molar-refractivity contribution in [3.8, 4) is 0 Å². The summed E-state index contributed by atoms with van der Waals surface area (Å²) in [6.07, 6.45) is 18.1. The van der Waals surface area contributed by atoms with Crippen LogP contribution in [-0.4, -0.2) is 25.2 Å². The van der Waals surface area contributed by atoms with Gasteiger partial charge in [0, 0.05) is 12.8 Å². The summed E-state index contributed by atoms with van der Waals surface area (Å²) < 4.78 is 10.8. The second kappa shape index (κ2) is 23.3. The molecule has 0 aliphatic heterocycles. The zero-order valence-electron chi connectivity index (χ0n) is 24.4. The highest BCUT2D eigenvalue weighted by molar-refractivity contribution is 5.69. The third-order valence-electron chi connectivity index (χ3n) is 7.00. The number of ether oxygens (including phenoxy) is 2. The molecule has 0 aliphatic carbocycles. The van der Waals surface area contributed by atoms with Crippen LogP contribution in [0, 0.1) is 23.7 Å². The molecule has 0 rings (SSSR count). The summed E-state index contributed by atoms with van der Waals surface area (Å²) in [6.45, 7) is 14.7. The monoisotopic (exact) mass is 496 g/mol. The van der Waals surface area contributed by atoms with Crippen LogP contribution in [0.4, 0.5) is 0 Å². The summed E-state index contributed by atoms with van der Waals surface area (Å²) >= 11 is 0. The lowest BCUT2D eigenvalue weighted by Gasteiger charge is -2.20. The molecule has 4 nitrogen and oxygen atoms in total. The predicted octanol–water partition coefficient (Wildman–Crippen LogP) is 9.29. The molecule has 0 fully saturated rings. The summed E-state index contributed by atoms with van der Waals surface area (Å²) in [4.78, 5) is 23.9. The van der Waals surface area contributed by atoms with Crippen molar-refractivity contribution >= 4 is 11.9 Å². The lowest BCUT2D eigenvalue weighted by molar-refractivity contribution is -0.145. The molecule has 0 saturated carbocycles. The molecule has 1 atom stereocenters. The first-order valence-corrected chi connectivity index (χ1v) is 15.0. The van der Waals surface area contributed by atoms with Crippen molar-refractivity contribution in [2.45, 2.75) is 151 Å². The Hall–Kier alpha value is -1.06. The number of unbranched alkanes of at least 4 members (excludes halogenated alkanes) is 8. The standard InChI is InChI=1S/C31H60O4/c1-26(2)18-12-10-16-24-34-30(32)21-15-9-7-8-14-20-29(28(5)6)22-23-31(33)35-25-17-11-13-19-27(3)4/h26-29H,7-25H2,1-6H3. The van der Waals surface area contributed by atoms with Gasteiger partial charge in [0.2, 0.25) is 0 Å². The van der Waals surface area contributed by atoms with Gasteiger partial charge in [-0.1, -0.05) is 112 Å². The van der Waals surface area contributed by atoms with E-state index in [1.165, 1.54) is 51.4 Å². The Morgan fingerprint density at radius 3 is 1.43 bits per heavy atom. The normalized spacial score (nSPS) is 12.5.